The molecular formula is C13H11NO2S. The maximum absolute atomic E-state index is 11.0. The van der Waals surface area contributed by atoms with E-state index in [2.05, 4.69) is 4.98 Å². The van der Waals surface area contributed by atoms with Gasteiger partial charge in [-0.15, -0.1) is 11.8 Å². The number of pyridine rings is 1. The quantitative estimate of drug-likeness (QED) is 0.841. The molecule has 1 N–H and O–H groups in total. The summed E-state index contributed by atoms with van der Waals surface area (Å²) in [6, 6.07) is 13.1. The van der Waals surface area contributed by atoms with Gasteiger partial charge >= 0.3 is 5.97 Å². The van der Waals surface area contributed by atoms with Gasteiger partial charge in [0.15, 0.2) is 0 Å². The average molecular weight is 245 g/mol. The molecule has 86 valence electrons. The molecule has 0 atom stereocenters. The largest absolute Gasteiger partial charge is 0.478 e. The summed E-state index contributed by atoms with van der Waals surface area (Å²) in [5, 5.41) is 9.01. The average Bonchev–Trinajstić information content (AvgIpc) is 2.38. The van der Waals surface area contributed by atoms with Crippen LogP contribution in [0.1, 0.15) is 16.1 Å². The lowest BCUT2D eigenvalue weighted by molar-refractivity contribution is 0.0695. The van der Waals surface area contributed by atoms with Crippen LogP contribution in [0, 0.1) is 0 Å². The Morgan fingerprint density at radius 2 is 1.94 bits per heavy atom. The van der Waals surface area contributed by atoms with Crippen LogP contribution in [0.3, 0.4) is 0 Å². The SMILES string of the molecule is O=C(O)c1cccnc1CSc1ccccc1. The van der Waals surface area contributed by atoms with E-state index in [4.69, 9.17) is 5.11 Å². The van der Waals surface area contributed by atoms with Crippen LogP contribution in [0.25, 0.3) is 0 Å². The predicted molar refractivity (Wildman–Crippen MR) is 67.2 cm³/mol. The third kappa shape index (κ3) is 3.07. The molecule has 1 heterocycles. The normalized spacial score (nSPS) is 10.1. The second-order valence-corrected chi connectivity index (χ2v) is 4.45. The number of carboxylic acid groups (broad SMARTS) is 1. The van der Waals surface area contributed by atoms with Gasteiger partial charge < -0.3 is 5.11 Å². The van der Waals surface area contributed by atoms with Crippen molar-refractivity contribution in [2.45, 2.75) is 10.6 Å². The monoisotopic (exact) mass is 245 g/mol. The van der Waals surface area contributed by atoms with Crippen LogP contribution in [0.2, 0.25) is 0 Å². The maximum atomic E-state index is 11.0. The number of carboxylic acids is 1. The predicted octanol–water partition coefficient (Wildman–Crippen LogP) is 3.07. The lowest BCUT2D eigenvalue weighted by Crippen LogP contribution is -2.03. The van der Waals surface area contributed by atoms with E-state index in [1.165, 1.54) is 0 Å². The van der Waals surface area contributed by atoms with Crippen molar-refractivity contribution in [1.29, 1.82) is 0 Å². The molecule has 0 bridgehead atoms. The number of carbonyl (C=O) groups is 1. The Hall–Kier alpha value is -1.81. The Balaban J connectivity index is 2.12. The summed E-state index contributed by atoms with van der Waals surface area (Å²) in [6.45, 7) is 0. The lowest BCUT2D eigenvalue weighted by Gasteiger charge is -2.04. The molecule has 0 aliphatic heterocycles. The zero-order valence-corrected chi connectivity index (χ0v) is 9.85. The van der Waals surface area contributed by atoms with Crippen molar-refractivity contribution in [2.75, 3.05) is 0 Å². The van der Waals surface area contributed by atoms with E-state index in [-0.39, 0.29) is 5.56 Å². The van der Waals surface area contributed by atoms with Crippen molar-refractivity contribution in [3.63, 3.8) is 0 Å². The van der Waals surface area contributed by atoms with Crippen molar-refractivity contribution in [1.82, 2.24) is 4.98 Å². The molecule has 0 aliphatic rings. The lowest BCUT2D eigenvalue weighted by atomic mass is 10.2. The first-order chi connectivity index (χ1) is 8.27. The highest BCUT2D eigenvalue weighted by Gasteiger charge is 2.10. The highest BCUT2D eigenvalue weighted by molar-refractivity contribution is 7.98. The standard InChI is InChI=1S/C13H11NO2S/c15-13(16)11-7-4-8-14-12(11)9-17-10-5-2-1-3-6-10/h1-8H,9H2,(H,15,16). The molecule has 0 saturated heterocycles. The number of hydrogen-bond donors (Lipinski definition) is 1. The highest BCUT2D eigenvalue weighted by Crippen LogP contribution is 2.22. The van der Waals surface area contributed by atoms with Crippen LogP contribution in [-0.2, 0) is 5.75 Å². The van der Waals surface area contributed by atoms with Crippen molar-refractivity contribution in [2.24, 2.45) is 0 Å². The fraction of sp³-hybridized carbons (Fsp3) is 0.0769. The Morgan fingerprint density at radius 1 is 1.18 bits per heavy atom. The van der Waals surface area contributed by atoms with Gasteiger partial charge in [-0.05, 0) is 24.3 Å². The van der Waals surface area contributed by atoms with Crippen LogP contribution in [0.4, 0.5) is 0 Å². The summed E-state index contributed by atoms with van der Waals surface area (Å²) in [6.07, 6.45) is 1.62. The Kier molecular flexibility index (Phi) is 3.77. The Morgan fingerprint density at radius 3 is 2.65 bits per heavy atom. The molecule has 2 aromatic rings. The molecule has 2 rings (SSSR count). The van der Waals surface area contributed by atoms with Gasteiger partial charge in [0, 0.05) is 16.8 Å². The number of aromatic nitrogens is 1. The summed E-state index contributed by atoms with van der Waals surface area (Å²) in [5.74, 6) is -0.367. The smallest absolute Gasteiger partial charge is 0.337 e. The molecular weight excluding hydrogens is 234 g/mol. The van der Waals surface area contributed by atoms with Crippen molar-refractivity contribution >= 4 is 17.7 Å². The molecule has 1 aromatic carbocycles. The molecule has 0 saturated carbocycles. The van der Waals surface area contributed by atoms with E-state index in [9.17, 15) is 4.79 Å². The van der Waals surface area contributed by atoms with Crippen molar-refractivity contribution in [3.8, 4) is 0 Å². The van der Waals surface area contributed by atoms with Gasteiger partial charge in [0.1, 0.15) is 0 Å². The first-order valence-corrected chi connectivity index (χ1v) is 6.11. The molecule has 0 unspecified atom stereocenters. The van der Waals surface area contributed by atoms with Gasteiger partial charge in [0.05, 0.1) is 11.3 Å². The van der Waals surface area contributed by atoms with Crippen molar-refractivity contribution in [3.05, 3.63) is 59.9 Å². The minimum absolute atomic E-state index is 0.274. The van der Waals surface area contributed by atoms with Crippen molar-refractivity contribution < 1.29 is 9.90 Å². The van der Waals surface area contributed by atoms with E-state index in [0.29, 0.717) is 11.4 Å². The van der Waals surface area contributed by atoms with Crippen LogP contribution < -0.4 is 0 Å². The van der Waals surface area contributed by atoms with Crippen LogP contribution in [0.5, 0.6) is 0 Å². The first kappa shape index (κ1) is 11.7. The van der Waals surface area contributed by atoms with Gasteiger partial charge in [0.25, 0.3) is 0 Å². The molecule has 17 heavy (non-hydrogen) atoms. The van der Waals surface area contributed by atoms with Gasteiger partial charge in [-0.3, -0.25) is 4.98 Å². The number of nitrogens with zero attached hydrogens (tertiary/aromatic N) is 1. The third-order valence-corrected chi connectivity index (χ3v) is 3.26. The summed E-state index contributed by atoms with van der Waals surface area (Å²) in [5.41, 5.74) is 0.879. The summed E-state index contributed by atoms with van der Waals surface area (Å²) < 4.78 is 0. The third-order valence-electron chi connectivity index (χ3n) is 2.24. The number of thioether (sulfide) groups is 1. The highest BCUT2D eigenvalue weighted by atomic mass is 32.2. The van der Waals surface area contributed by atoms with Gasteiger partial charge in [-0.25, -0.2) is 4.79 Å². The van der Waals surface area contributed by atoms with E-state index in [0.717, 1.165) is 4.90 Å². The topological polar surface area (TPSA) is 50.2 Å². The molecule has 4 heteroatoms. The summed E-state index contributed by atoms with van der Waals surface area (Å²) in [7, 11) is 0. The van der Waals surface area contributed by atoms with E-state index in [1.807, 2.05) is 30.3 Å². The minimum atomic E-state index is -0.929. The molecule has 0 spiro atoms. The van der Waals surface area contributed by atoms with Crippen LogP contribution in [-0.4, -0.2) is 16.1 Å². The molecule has 0 fully saturated rings. The van der Waals surface area contributed by atoms with Crippen LogP contribution in [0.15, 0.2) is 53.6 Å². The molecule has 0 radical (unpaired) electrons. The summed E-state index contributed by atoms with van der Waals surface area (Å²) in [4.78, 5) is 16.2. The van der Waals surface area contributed by atoms with Crippen LogP contribution >= 0.6 is 11.8 Å². The zero-order chi connectivity index (χ0) is 12.1. The zero-order valence-electron chi connectivity index (χ0n) is 9.04. The second-order valence-electron chi connectivity index (χ2n) is 3.40. The number of benzene rings is 1. The number of hydrogen-bond acceptors (Lipinski definition) is 3. The molecule has 1 aromatic heterocycles. The summed E-state index contributed by atoms with van der Waals surface area (Å²) >= 11 is 1.58. The van der Waals surface area contributed by atoms with E-state index in [1.54, 1.807) is 30.1 Å². The minimum Gasteiger partial charge on any atom is -0.478 e. The molecule has 0 amide bonds. The number of aromatic carboxylic acids is 1. The van der Waals surface area contributed by atoms with Gasteiger partial charge in [-0.2, -0.15) is 0 Å². The first-order valence-electron chi connectivity index (χ1n) is 5.12. The maximum Gasteiger partial charge on any atom is 0.337 e. The fourth-order valence-electron chi connectivity index (χ4n) is 1.42. The fourth-order valence-corrected chi connectivity index (χ4v) is 2.30. The van der Waals surface area contributed by atoms with E-state index < -0.39 is 5.97 Å². The Labute approximate surface area is 104 Å². The van der Waals surface area contributed by atoms with Gasteiger partial charge in [-0.1, -0.05) is 18.2 Å². The number of rotatable bonds is 4. The van der Waals surface area contributed by atoms with E-state index >= 15 is 0 Å². The molecule has 3 nitrogen and oxygen atoms in total. The Bertz CT molecular complexity index is 514. The second kappa shape index (κ2) is 5.50. The van der Waals surface area contributed by atoms with Gasteiger partial charge in [0.2, 0.25) is 0 Å². The molecule has 0 aliphatic carbocycles.